The average molecular weight is 337 g/mol. The minimum atomic E-state index is 0.606. The highest BCUT2D eigenvalue weighted by molar-refractivity contribution is 9.10. The van der Waals surface area contributed by atoms with Crippen LogP contribution in [0, 0.1) is 0 Å². The number of halogens is 1. The van der Waals surface area contributed by atoms with Crippen LogP contribution in [0.15, 0.2) is 41.0 Å². The fraction of sp³-hybridized carbons (Fsp3) is 0.267. The Bertz CT molecular complexity index is 576. The Morgan fingerprint density at radius 3 is 2.60 bits per heavy atom. The molecule has 0 radical (unpaired) electrons. The van der Waals surface area contributed by atoms with E-state index in [1.165, 1.54) is 0 Å². The van der Waals surface area contributed by atoms with Crippen LogP contribution in [0.1, 0.15) is 13.8 Å². The average Bonchev–Trinajstić information content (AvgIpc) is 2.42. The number of rotatable bonds is 6. The Morgan fingerprint density at radius 2 is 1.90 bits per heavy atom. The number of anilines is 2. The predicted octanol–water partition coefficient (Wildman–Crippen LogP) is 4.39. The van der Waals surface area contributed by atoms with Gasteiger partial charge in [0.05, 0.1) is 18.9 Å². The number of hydrogen-bond acceptors (Lipinski definition) is 4. The van der Waals surface area contributed by atoms with Gasteiger partial charge in [-0.25, -0.2) is 4.98 Å². The Morgan fingerprint density at radius 1 is 1.10 bits per heavy atom. The maximum absolute atomic E-state index is 5.62. The van der Waals surface area contributed by atoms with Crippen LogP contribution in [-0.2, 0) is 0 Å². The number of ether oxygens (including phenoxy) is 2. The van der Waals surface area contributed by atoms with Crippen LogP contribution in [0.25, 0.3) is 0 Å². The molecule has 106 valence electrons. The largest absolute Gasteiger partial charge is 0.494 e. The Kier molecular flexibility index (Phi) is 5.24. The van der Waals surface area contributed by atoms with Crippen molar-refractivity contribution in [2.45, 2.75) is 13.8 Å². The maximum atomic E-state index is 5.62. The molecule has 0 aliphatic rings. The number of aromatic nitrogens is 1. The lowest BCUT2D eigenvalue weighted by atomic mass is 10.2. The van der Waals surface area contributed by atoms with Gasteiger partial charge in [0, 0.05) is 6.07 Å². The van der Waals surface area contributed by atoms with Crippen molar-refractivity contribution in [1.29, 1.82) is 0 Å². The van der Waals surface area contributed by atoms with Crippen molar-refractivity contribution in [2.75, 3.05) is 18.5 Å². The molecule has 20 heavy (non-hydrogen) atoms. The summed E-state index contributed by atoms with van der Waals surface area (Å²) in [4.78, 5) is 4.35. The molecule has 0 spiro atoms. The molecule has 1 aromatic heterocycles. The van der Waals surface area contributed by atoms with Gasteiger partial charge < -0.3 is 14.8 Å². The summed E-state index contributed by atoms with van der Waals surface area (Å²) in [7, 11) is 0. The molecule has 5 heteroatoms. The highest BCUT2D eigenvalue weighted by Gasteiger charge is 2.07. The quantitative estimate of drug-likeness (QED) is 0.794. The van der Waals surface area contributed by atoms with E-state index in [0.29, 0.717) is 13.2 Å². The van der Waals surface area contributed by atoms with E-state index in [-0.39, 0.29) is 0 Å². The predicted molar refractivity (Wildman–Crippen MR) is 84.0 cm³/mol. The number of benzene rings is 1. The van der Waals surface area contributed by atoms with Crippen LogP contribution in [0.2, 0.25) is 0 Å². The third kappa shape index (κ3) is 3.87. The van der Waals surface area contributed by atoms with E-state index in [1.807, 2.05) is 50.2 Å². The van der Waals surface area contributed by atoms with E-state index in [1.54, 1.807) is 0 Å². The molecule has 0 aliphatic carbocycles. The van der Waals surface area contributed by atoms with Crippen molar-refractivity contribution in [2.24, 2.45) is 0 Å². The summed E-state index contributed by atoms with van der Waals surface area (Å²) in [5.41, 5.74) is 0.836. The number of pyridine rings is 1. The van der Waals surface area contributed by atoms with Gasteiger partial charge in [-0.15, -0.1) is 0 Å². The first-order chi connectivity index (χ1) is 9.72. The molecule has 0 fully saturated rings. The van der Waals surface area contributed by atoms with Crippen LogP contribution in [-0.4, -0.2) is 18.2 Å². The van der Waals surface area contributed by atoms with Crippen molar-refractivity contribution >= 4 is 27.4 Å². The summed E-state index contributed by atoms with van der Waals surface area (Å²) in [6.45, 7) is 5.15. The van der Waals surface area contributed by atoms with Crippen LogP contribution in [0.3, 0.4) is 0 Å². The normalized spacial score (nSPS) is 10.2. The van der Waals surface area contributed by atoms with E-state index >= 15 is 0 Å². The maximum Gasteiger partial charge on any atom is 0.143 e. The smallest absolute Gasteiger partial charge is 0.143 e. The third-order valence-corrected chi connectivity index (χ3v) is 2.98. The van der Waals surface area contributed by atoms with E-state index in [0.717, 1.165) is 27.6 Å². The molecule has 0 aliphatic heterocycles. The van der Waals surface area contributed by atoms with Gasteiger partial charge in [0.2, 0.25) is 0 Å². The summed E-state index contributed by atoms with van der Waals surface area (Å²) < 4.78 is 11.9. The minimum Gasteiger partial charge on any atom is -0.494 e. The fourth-order valence-corrected chi connectivity index (χ4v) is 2.10. The van der Waals surface area contributed by atoms with Crippen molar-refractivity contribution < 1.29 is 9.47 Å². The fourth-order valence-electron chi connectivity index (χ4n) is 1.76. The highest BCUT2D eigenvalue weighted by Crippen LogP contribution is 2.31. The molecule has 1 heterocycles. The minimum absolute atomic E-state index is 0.606. The monoisotopic (exact) mass is 336 g/mol. The molecular formula is C15H17BrN2O2. The molecule has 0 amide bonds. The summed E-state index contributed by atoms with van der Waals surface area (Å²) in [6.07, 6.45) is 0. The molecule has 0 saturated carbocycles. The topological polar surface area (TPSA) is 43.4 Å². The molecule has 0 bridgehead atoms. The van der Waals surface area contributed by atoms with E-state index < -0.39 is 0 Å². The zero-order valence-corrected chi connectivity index (χ0v) is 13.1. The van der Waals surface area contributed by atoms with Gasteiger partial charge in [-0.2, -0.15) is 0 Å². The van der Waals surface area contributed by atoms with Gasteiger partial charge >= 0.3 is 0 Å². The van der Waals surface area contributed by atoms with Crippen LogP contribution in [0.4, 0.5) is 11.5 Å². The molecular weight excluding hydrogens is 320 g/mol. The Labute approximate surface area is 127 Å². The van der Waals surface area contributed by atoms with Gasteiger partial charge in [0.15, 0.2) is 0 Å². The standard InChI is InChI=1S/C15H17BrN2O2/c1-3-19-11-8-9-13(20-4-2)12(10-11)17-15-7-5-6-14(16)18-15/h5-10H,3-4H2,1-2H3,(H,17,18). The third-order valence-electron chi connectivity index (χ3n) is 2.54. The lowest BCUT2D eigenvalue weighted by molar-refractivity contribution is 0.332. The lowest BCUT2D eigenvalue weighted by Crippen LogP contribution is -2.00. The molecule has 2 aromatic rings. The van der Waals surface area contributed by atoms with Gasteiger partial charge in [-0.1, -0.05) is 6.07 Å². The van der Waals surface area contributed by atoms with Crippen molar-refractivity contribution in [3.8, 4) is 11.5 Å². The number of nitrogens with one attached hydrogen (secondary N) is 1. The summed E-state index contributed by atoms with van der Waals surface area (Å²) >= 11 is 3.36. The van der Waals surface area contributed by atoms with E-state index in [4.69, 9.17) is 9.47 Å². The number of hydrogen-bond donors (Lipinski definition) is 1. The van der Waals surface area contributed by atoms with Crippen molar-refractivity contribution in [3.05, 3.63) is 41.0 Å². The molecule has 0 atom stereocenters. The molecule has 1 aromatic carbocycles. The Balaban J connectivity index is 2.29. The van der Waals surface area contributed by atoms with Crippen molar-refractivity contribution in [3.63, 3.8) is 0 Å². The molecule has 2 rings (SSSR count). The second-order valence-electron chi connectivity index (χ2n) is 3.99. The summed E-state index contributed by atoms with van der Waals surface area (Å²) in [6, 6.07) is 11.4. The van der Waals surface area contributed by atoms with Gasteiger partial charge in [0.1, 0.15) is 21.9 Å². The zero-order valence-electron chi connectivity index (χ0n) is 11.5. The first-order valence-corrected chi connectivity index (χ1v) is 7.31. The van der Waals surface area contributed by atoms with Crippen LogP contribution < -0.4 is 14.8 Å². The van der Waals surface area contributed by atoms with Gasteiger partial charge in [-0.05, 0) is 54.0 Å². The number of nitrogens with zero attached hydrogens (tertiary/aromatic N) is 1. The summed E-state index contributed by atoms with van der Waals surface area (Å²) in [5, 5.41) is 3.25. The second kappa shape index (κ2) is 7.14. The Hall–Kier alpha value is -1.75. The second-order valence-corrected chi connectivity index (χ2v) is 4.81. The summed E-state index contributed by atoms with van der Waals surface area (Å²) in [5.74, 6) is 2.32. The lowest BCUT2D eigenvalue weighted by Gasteiger charge is -2.14. The van der Waals surface area contributed by atoms with E-state index in [9.17, 15) is 0 Å². The van der Waals surface area contributed by atoms with Gasteiger partial charge in [-0.3, -0.25) is 0 Å². The van der Waals surface area contributed by atoms with Crippen LogP contribution >= 0.6 is 15.9 Å². The first-order valence-electron chi connectivity index (χ1n) is 6.52. The molecule has 4 nitrogen and oxygen atoms in total. The van der Waals surface area contributed by atoms with E-state index in [2.05, 4.69) is 26.2 Å². The van der Waals surface area contributed by atoms with Crippen LogP contribution in [0.5, 0.6) is 11.5 Å². The van der Waals surface area contributed by atoms with Gasteiger partial charge in [0.25, 0.3) is 0 Å². The zero-order chi connectivity index (χ0) is 14.4. The highest BCUT2D eigenvalue weighted by atomic mass is 79.9. The molecule has 0 saturated heterocycles. The molecule has 1 N–H and O–H groups in total. The van der Waals surface area contributed by atoms with Crippen molar-refractivity contribution in [1.82, 2.24) is 4.98 Å². The molecule has 0 unspecified atom stereocenters. The SMILES string of the molecule is CCOc1ccc(OCC)c(Nc2cccc(Br)n2)c1. The first kappa shape index (κ1) is 14.7.